The third-order valence-corrected chi connectivity index (χ3v) is 5.65. The Balaban J connectivity index is 1.48. The Morgan fingerprint density at radius 1 is 1.33 bits per heavy atom. The highest BCUT2D eigenvalue weighted by atomic mass is 79.9. The van der Waals surface area contributed by atoms with Crippen LogP contribution in [0.15, 0.2) is 0 Å². The highest BCUT2D eigenvalue weighted by Crippen LogP contribution is 2.69. The number of halogens is 1. The summed E-state index contributed by atoms with van der Waals surface area (Å²) in [6, 6.07) is 0. The van der Waals surface area contributed by atoms with Gasteiger partial charge in [-0.15, -0.1) is 0 Å². The predicted molar refractivity (Wildman–Crippen MR) is 69.0 cm³/mol. The molecule has 0 aliphatic heterocycles. The maximum Gasteiger partial charge on any atom is 0.321 e. The number of amides is 1. The lowest BCUT2D eigenvalue weighted by molar-refractivity contribution is -0.139. The van der Waals surface area contributed by atoms with Crippen LogP contribution < -0.4 is 5.32 Å². The van der Waals surface area contributed by atoms with E-state index in [1.807, 2.05) is 0 Å². The van der Waals surface area contributed by atoms with Crippen molar-refractivity contribution >= 4 is 27.8 Å². The maximum absolute atomic E-state index is 12.1. The molecule has 18 heavy (non-hydrogen) atoms. The molecule has 3 aliphatic carbocycles. The molecule has 3 rings (SSSR count). The fourth-order valence-corrected chi connectivity index (χ4v) is 4.54. The molecule has 3 aliphatic rings. The van der Waals surface area contributed by atoms with E-state index in [1.165, 1.54) is 26.4 Å². The lowest BCUT2D eigenvalue weighted by Gasteiger charge is -2.11. The summed E-state index contributed by atoms with van der Waals surface area (Å²) in [6.45, 7) is 0.316. The second-order valence-electron chi connectivity index (χ2n) is 5.75. The fourth-order valence-electron chi connectivity index (χ4n) is 4.19. The summed E-state index contributed by atoms with van der Waals surface area (Å²) in [5.41, 5.74) is 0. The Morgan fingerprint density at radius 3 is 2.50 bits per heavy atom. The molecule has 0 aromatic rings. The predicted octanol–water partition coefficient (Wildman–Crippen LogP) is 1.33. The van der Waals surface area contributed by atoms with Crippen molar-refractivity contribution in [1.82, 2.24) is 5.32 Å². The van der Waals surface area contributed by atoms with Crippen LogP contribution in [0.5, 0.6) is 0 Å². The first-order valence-corrected chi connectivity index (χ1v) is 7.54. The standard InChI is InChI=1S/C13H18BrNO3/c1-18-13(17)8(14)5-15-12(16)11-9-6-2-3-7(4-6)10(9)11/h6-11H,2-5H2,1H3,(H,15,16). The van der Waals surface area contributed by atoms with Gasteiger partial charge in [0.05, 0.1) is 7.11 Å². The number of ether oxygens (including phenoxy) is 1. The van der Waals surface area contributed by atoms with E-state index in [2.05, 4.69) is 26.0 Å². The molecule has 2 bridgehead atoms. The molecular weight excluding hydrogens is 298 g/mol. The summed E-state index contributed by atoms with van der Waals surface area (Å²) < 4.78 is 4.60. The van der Waals surface area contributed by atoms with E-state index in [9.17, 15) is 9.59 Å². The third kappa shape index (κ3) is 1.87. The number of alkyl halides is 1. The van der Waals surface area contributed by atoms with Gasteiger partial charge in [-0.1, -0.05) is 15.9 Å². The van der Waals surface area contributed by atoms with Crippen LogP contribution in [-0.4, -0.2) is 30.4 Å². The number of nitrogens with one attached hydrogen (secondary N) is 1. The number of esters is 1. The fraction of sp³-hybridized carbons (Fsp3) is 0.846. The molecule has 5 unspecified atom stereocenters. The summed E-state index contributed by atoms with van der Waals surface area (Å²) >= 11 is 3.21. The van der Waals surface area contributed by atoms with Gasteiger partial charge in [-0.3, -0.25) is 9.59 Å². The lowest BCUT2D eigenvalue weighted by Crippen LogP contribution is -2.35. The van der Waals surface area contributed by atoms with E-state index < -0.39 is 4.83 Å². The Morgan fingerprint density at radius 2 is 1.94 bits per heavy atom. The Hall–Kier alpha value is -0.580. The van der Waals surface area contributed by atoms with Crippen molar-refractivity contribution in [2.24, 2.45) is 29.6 Å². The van der Waals surface area contributed by atoms with Gasteiger partial charge in [0.1, 0.15) is 4.83 Å². The average molecular weight is 316 g/mol. The summed E-state index contributed by atoms with van der Waals surface area (Å²) in [7, 11) is 1.35. The van der Waals surface area contributed by atoms with Gasteiger partial charge in [0.15, 0.2) is 0 Å². The van der Waals surface area contributed by atoms with Gasteiger partial charge in [-0.05, 0) is 42.9 Å². The molecule has 100 valence electrons. The molecule has 0 spiro atoms. The van der Waals surface area contributed by atoms with E-state index in [0.717, 1.165) is 11.8 Å². The summed E-state index contributed by atoms with van der Waals surface area (Å²) in [6.07, 6.45) is 3.99. The first kappa shape index (κ1) is 12.5. The molecule has 1 N–H and O–H groups in total. The third-order valence-electron chi connectivity index (χ3n) is 4.95. The van der Waals surface area contributed by atoms with Gasteiger partial charge in [0.25, 0.3) is 0 Å². The molecule has 5 atom stereocenters. The molecule has 4 nitrogen and oxygen atoms in total. The van der Waals surface area contributed by atoms with Crippen molar-refractivity contribution < 1.29 is 14.3 Å². The summed E-state index contributed by atoms with van der Waals surface area (Å²) in [5.74, 6) is 2.92. The molecule has 0 saturated heterocycles. The topological polar surface area (TPSA) is 55.4 Å². The molecule has 3 saturated carbocycles. The van der Waals surface area contributed by atoms with Crippen LogP contribution in [0.4, 0.5) is 0 Å². The van der Waals surface area contributed by atoms with E-state index in [0.29, 0.717) is 18.4 Å². The summed E-state index contributed by atoms with van der Waals surface area (Å²) in [4.78, 5) is 22.8. The van der Waals surface area contributed by atoms with Crippen LogP contribution in [0.3, 0.4) is 0 Å². The van der Waals surface area contributed by atoms with Crippen molar-refractivity contribution in [2.45, 2.75) is 24.1 Å². The second-order valence-corrected chi connectivity index (χ2v) is 6.85. The number of methoxy groups -OCH3 is 1. The van der Waals surface area contributed by atoms with Crippen molar-refractivity contribution in [3.05, 3.63) is 0 Å². The second kappa shape index (κ2) is 4.51. The highest BCUT2D eigenvalue weighted by molar-refractivity contribution is 9.10. The van der Waals surface area contributed by atoms with Gasteiger partial charge >= 0.3 is 5.97 Å². The molecule has 0 aromatic carbocycles. The maximum atomic E-state index is 12.1. The van der Waals surface area contributed by atoms with Gasteiger partial charge in [-0.25, -0.2) is 0 Å². The van der Waals surface area contributed by atoms with Crippen molar-refractivity contribution in [2.75, 3.05) is 13.7 Å². The quantitative estimate of drug-likeness (QED) is 0.629. The molecule has 0 heterocycles. The lowest BCUT2D eigenvalue weighted by atomic mass is 10.0. The van der Waals surface area contributed by atoms with Crippen molar-refractivity contribution in [1.29, 1.82) is 0 Å². The van der Waals surface area contributed by atoms with Crippen LogP contribution >= 0.6 is 15.9 Å². The van der Waals surface area contributed by atoms with Crippen molar-refractivity contribution in [3.8, 4) is 0 Å². The van der Waals surface area contributed by atoms with Crippen LogP contribution in [-0.2, 0) is 14.3 Å². The van der Waals surface area contributed by atoms with Crippen LogP contribution in [0, 0.1) is 29.6 Å². The summed E-state index contributed by atoms with van der Waals surface area (Å²) in [5, 5.41) is 2.87. The minimum Gasteiger partial charge on any atom is -0.468 e. The van der Waals surface area contributed by atoms with E-state index in [4.69, 9.17) is 0 Å². The zero-order valence-corrected chi connectivity index (χ0v) is 12.0. The smallest absolute Gasteiger partial charge is 0.321 e. The molecule has 0 aromatic heterocycles. The van der Waals surface area contributed by atoms with Crippen LogP contribution in [0.25, 0.3) is 0 Å². The van der Waals surface area contributed by atoms with E-state index in [1.54, 1.807) is 0 Å². The molecule has 5 heteroatoms. The first-order valence-electron chi connectivity index (χ1n) is 6.63. The largest absolute Gasteiger partial charge is 0.468 e. The van der Waals surface area contributed by atoms with Gasteiger partial charge in [0.2, 0.25) is 5.91 Å². The normalized spacial score (nSPS) is 41.1. The molecular formula is C13H18BrNO3. The van der Waals surface area contributed by atoms with Crippen LogP contribution in [0.1, 0.15) is 19.3 Å². The number of fused-ring (bicyclic) bond motifs is 5. The zero-order valence-electron chi connectivity index (χ0n) is 10.4. The number of carbonyl (C=O) groups is 2. The van der Waals surface area contributed by atoms with E-state index in [-0.39, 0.29) is 17.8 Å². The van der Waals surface area contributed by atoms with Gasteiger partial charge in [0, 0.05) is 12.5 Å². The minimum atomic E-state index is -0.443. The SMILES string of the molecule is COC(=O)C(Br)CNC(=O)C1C2C3CCC(C3)C12. The van der Waals surface area contributed by atoms with Gasteiger partial charge < -0.3 is 10.1 Å². The number of hydrogen-bond donors (Lipinski definition) is 1. The molecule has 3 fully saturated rings. The number of hydrogen-bond acceptors (Lipinski definition) is 3. The highest BCUT2D eigenvalue weighted by Gasteiger charge is 2.67. The number of rotatable bonds is 4. The van der Waals surface area contributed by atoms with Crippen LogP contribution in [0.2, 0.25) is 0 Å². The van der Waals surface area contributed by atoms with E-state index >= 15 is 0 Å². The molecule has 0 radical (unpaired) electrons. The first-order chi connectivity index (χ1) is 8.63. The zero-order chi connectivity index (χ0) is 12.9. The Kier molecular flexibility index (Phi) is 3.12. The number of carbonyl (C=O) groups excluding carboxylic acids is 2. The van der Waals surface area contributed by atoms with Crippen molar-refractivity contribution in [3.63, 3.8) is 0 Å². The minimum absolute atomic E-state index is 0.134. The monoisotopic (exact) mass is 315 g/mol. The Labute approximate surface area is 115 Å². The Bertz CT molecular complexity index is 370. The molecule has 1 amide bonds. The van der Waals surface area contributed by atoms with Gasteiger partial charge in [-0.2, -0.15) is 0 Å². The average Bonchev–Trinajstić information content (AvgIpc) is 2.83.